The number of piperazine rings is 1. The lowest BCUT2D eigenvalue weighted by Crippen LogP contribution is -2.44. The van der Waals surface area contributed by atoms with Crippen LogP contribution in [0.15, 0.2) is 60.8 Å². The molecule has 2 aromatic carbocycles. The molecule has 1 saturated heterocycles. The molecule has 0 radical (unpaired) electrons. The number of nitrogens with one attached hydrogen (secondary N) is 2. The standard InChI is InChI=1S/C28H31N5O3/c1-19(34)31-22-5-3-4-21(16-22)24-10-11-29-28-25(24)17-26(36-28)27(35)30-18-20-6-8-23(9-7-20)33-14-12-32(2)13-15-33/h3-11,16,26H,12-15,17-18H2,1-2H3,(H,30,35)(H,31,34). The first-order valence-electron chi connectivity index (χ1n) is 12.3. The van der Waals surface area contributed by atoms with Crippen molar-refractivity contribution >= 4 is 23.2 Å². The maximum absolute atomic E-state index is 12.9. The average molecular weight is 486 g/mol. The van der Waals surface area contributed by atoms with Crippen LogP contribution in [0.1, 0.15) is 18.1 Å². The lowest BCUT2D eigenvalue weighted by Gasteiger charge is -2.34. The van der Waals surface area contributed by atoms with Gasteiger partial charge in [0.25, 0.3) is 5.91 Å². The third-order valence-electron chi connectivity index (χ3n) is 6.72. The van der Waals surface area contributed by atoms with Crippen LogP contribution >= 0.6 is 0 Å². The van der Waals surface area contributed by atoms with Crippen molar-refractivity contribution in [3.63, 3.8) is 0 Å². The third-order valence-corrected chi connectivity index (χ3v) is 6.72. The molecule has 0 aliphatic carbocycles. The summed E-state index contributed by atoms with van der Waals surface area (Å²) in [6, 6.07) is 17.9. The zero-order valence-electron chi connectivity index (χ0n) is 20.7. The fourth-order valence-corrected chi connectivity index (χ4v) is 4.71. The first-order chi connectivity index (χ1) is 17.5. The Morgan fingerprint density at radius 1 is 1.06 bits per heavy atom. The Balaban J connectivity index is 1.21. The molecule has 3 heterocycles. The molecular formula is C28H31N5O3. The maximum atomic E-state index is 12.9. The Kier molecular flexibility index (Phi) is 6.86. The van der Waals surface area contributed by atoms with Crippen LogP contribution in [0.25, 0.3) is 11.1 Å². The largest absolute Gasteiger partial charge is 0.464 e. The van der Waals surface area contributed by atoms with Gasteiger partial charge in [0.05, 0.1) is 0 Å². The smallest absolute Gasteiger partial charge is 0.261 e. The number of benzene rings is 2. The molecule has 36 heavy (non-hydrogen) atoms. The molecule has 1 atom stereocenters. The average Bonchev–Trinajstić information content (AvgIpc) is 3.33. The lowest BCUT2D eigenvalue weighted by atomic mass is 9.98. The zero-order valence-corrected chi connectivity index (χ0v) is 20.7. The summed E-state index contributed by atoms with van der Waals surface area (Å²) in [5.41, 5.74) is 5.76. The highest BCUT2D eigenvalue weighted by molar-refractivity contribution is 5.90. The normalized spacial score (nSPS) is 17.3. The monoisotopic (exact) mass is 485 g/mol. The minimum atomic E-state index is -0.628. The van der Waals surface area contributed by atoms with E-state index in [1.807, 2.05) is 30.3 Å². The van der Waals surface area contributed by atoms with E-state index in [0.29, 0.717) is 18.8 Å². The summed E-state index contributed by atoms with van der Waals surface area (Å²) in [5, 5.41) is 5.82. The summed E-state index contributed by atoms with van der Waals surface area (Å²) in [5.74, 6) is 0.198. The molecule has 0 bridgehead atoms. The molecule has 3 aromatic rings. The molecular weight excluding hydrogens is 454 g/mol. The van der Waals surface area contributed by atoms with Crippen molar-refractivity contribution in [2.24, 2.45) is 0 Å². The van der Waals surface area contributed by atoms with E-state index in [1.54, 1.807) is 6.20 Å². The van der Waals surface area contributed by atoms with Crippen molar-refractivity contribution < 1.29 is 14.3 Å². The van der Waals surface area contributed by atoms with Gasteiger partial charge in [-0.3, -0.25) is 9.59 Å². The number of fused-ring (bicyclic) bond motifs is 1. The van der Waals surface area contributed by atoms with Crippen LogP contribution in [0, 0.1) is 0 Å². The van der Waals surface area contributed by atoms with Crippen LogP contribution in [0.4, 0.5) is 11.4 Å². The second-order valence-electron chi connectivity index (χ2n) is 9.39. The summed E-state index contributed by atoms with van der Waals surface area (Å²) in [6.07, 6.45) is 1.50. The van der Waals surface area contributed by atoms with Crippen molar-refractivity contribution in [3.05, 3.63) is 71.9 Å². The van der Waals surface area contributed by atoms with E-state index in [4.69, 9.17) is 4.74 Å². The summed E-state index contributed by atoms with van der Waals surface area (Å²) in [4.78, 5) is 33.4. The van der Waals surface area contributed by atoms with Gasteiger partial charge in [-0.25, -0.2) is 4.98 Å². The van der Waals surface area contributed by atoms with Crippen molar-refractivity contribution in [2.45, 2.75) is 26.0 Å². The van der Waals surface area contributed by atoms with Crippen molar-refractivity contribution in [3.8, 4) is 17.0 Å². The summed E-state index contributed by atoms with van der Waals surface area (Å²) < 4.78 is 5.92. The van der Waals surface area contributed by atoms with Gasteiger partial charge in [0.2, 0.25) is 11.8 Å². The quantitative estimate of drug-likeness (QED) is 0.558. The number of carbonyl (C=O) groups is 2. The molecule has 186 valence electrons. The number of hydrogen-bond acceptors (Lipinski definition) is 6. The minimum Gasteiger partial charge on any atom is -0.464 e. The van der Waals surface area contributed by atoms with E-state index in [9.17, 15) is 9.59 Å². The number of likely N-dealkylation sites (N-methyl/N-ethyl adjacent to an activating group) is 1. The second-order valence-corrected chi connectivity index (χ2v) is 9.39. The molecule has 8 nitrogen and oxygen atoms in total. The Labute approximate surface area is 211 Å². The van der Waals surface area contributed by atoms with Crippen molar-refractivity contribution in [2.75, 3.05) is 43.4 Å². The van der Waals surface area contributed by atoms with Crippen LogP contribution < -0.4 is 20.3 Å². The minimum absolute atomic E-state index is 0.124. The zero-order chi connectivity index (χ0) is 25.1. The first-order valence-corrected chi connectivity index (χ1v) is 12.3. The number of aromatic nitrogens is 1. The summed E-state index contributed by atoms with van der Waals surface area (Å²) >= 11 is 0. The highest BCUT2D eigenvalue weighted by Crippen LogP contribution is 2.36. The van der Waals surface area contributed by atoms with Gasteiger partial charge in [-0.15, -0.1) is 0 Å². The molecule has 2 aliphatic rings. The molecule has 2 N–H and O–H groups in total. The van der Waals surface area contributed by atoms with Crippen LogP contribution in [0.3, 0.4) is 0 Å². The van der Waals surface area contributed by atoms with Crippen LogP contribution in [0.5, 0.6) is 5.88 Å². The number of anilines is 2. The van der Waals surface area contributed by atoms with Gasteiger partial charge in [0, 0.05) is 69.2 Å². The SMILES string of the molecule is CC(=O)Nc1cccc(-c2ccnc3c2CC(C(=O)NCc2ccc(N4CCN(C)CC4)cc2)O3)c1. The number of carbonyl (C=O) groups excluding carboxylic acids is 2. The molecule has 2 aliphatic heterocycles. The molecule has 2 amide bonds. The van der Waals surface area contributed by atoms with Crippen LogP contribution in [-0.2, 0) is 22.6 Å². The molecule has 1 aromatic heterocycles. The topological polar surface area (TPSA) is 86.8 Å². The maximum Gasteiger partial charge on any atom is 0.261 e. The third kappa shape index (κ3) is 5.33. The van der Waals surface area contributed by atoms with Crippen molar-refractivity contribution in [1.82, 2.24) is 15.2 Å². The van der Waals surface area contributed by atoms with Gasteiger partial charge in [-0.2, -0.15) is 0 Å². The second kappa shape index (κ2) is 10.4. The molecule has 1 fully saturated rings. The molecule has 5 rings (SSSR count). The van der Waals surface area contributed by atoms with Crippen molar-refractivity contribution in [1.29, 1.82) is 0 Å². The van der Waals surface area contributed by atoms with E-state index >= 15 is 0 Å². The number of pyridine rings is 1. The van der Waals surface area contributed by atoms with Gasteiger partial charge in [-0.1, -0.05) is 24.3 Å². The fraction of sp³-hybridized carbons (Fsp3) is 0.321. The highest BCUT2D eigenvalue weighted by Gasteiger charge is 2.32. The number of nitrogens with zero attached hydrogens (tertiary/aromatic N) is 3. The van der Waals surface area contributed by atoms with Gasteiger partial charge < -0.3 is 25.2 Å². The Hall–Kier alpha value is -3.91. The van der Waals surface area contributed by atoms with Gasteiger partial charge >= 0.3 is 0 Å². The van der Waals surface area contributed by atoms with Crippen LogP contribution in [-0.4, -0.2) is 61.0 Å². The predicted molar refractivity (Wildman–Crippen MR) is 140 cm³/mol. The molecule has 0 spiro atoms. The van der Waals surface area contributed by atoms with E-state index in [0.717, 1.165) is 54.1 Å². The lowest BCUT2D eigenvalue weighted by molar-refractivity contribution is -0.127. The van der Waals surface area contributed by atoms with E-state index < -0.39 is 6.10 Å². The Morgan fingerprint density at radius 3 is 2.58 bits per heavy atom. The van der Waals surface area contributed by atoms with Gasteiger partial charge in [-0.05, 0) is 54.1 Å². The van der Waals surface area contributed by atoms with E-state index in [2.05, 4.69) is 56.7 Å². The van der Waals surface area contributed by atoms with Gasteiger partial charge in [0.15, 0.2) is 6.10 Å². The number of amides is 2. The molecule has 1 unspecified atom stereocenters. The molecule has 0 saturated carbocycles. The number of hydrogen-bond donors (Lipinski definition) is 2. The Morgan fingerprint density at radius 2 is 1.83 bits per heavy atom. The Bertz CT molecular complexity index is 1250. The van der Waals surface area contributed by atoms with Crippen LogP contribution in [0.2, 0.25) is 0 Å². The highest BCUT2D eigenvalue weighted by atomic mass is 16.5. The summed E-state index contributed by atoms with van der Waals surface area (Å²) in [7, 11) is 2.15. The van der Waals surface area contributed by atoms with E-state index in [-0.39, 0.29) is 11.8 Å². The summed E-state index contributed by atoms with van der Waals surface area (Å²) in [6.45, 7) is 6.12. The van der Waals surface area contributed by atoms with Gasteiger partial charge in [0.1, 0.15) is 0 Å². The number of ether oxygens (including phenoxy) is 1. The number of rotatable bonds is 6. The van der Waals surface area contributed by atoms with E-state index in [1.165, 1.54) is 12.6 Å². The first kappa shape index (κ1) is 23.8. The fourth-order valence-electron chi connectivity index (χ4n) is 4.71. The molecule has 8 heteroatoms. The predicted octanol–water partition coefficient (Wildman–Crippen LogP) is 3.08.